The lowest BCUT2D eigenvalue weighted by molar-refractivity contribution is 1.50. The van der Waals surface area contributed by atoms with Crippen molar-refractivity contribution in [3.8, 4) is 6.07 Å². The van der Waals surface area contributed by atoms with Gasteiger partial charge in [-0.3, -0.25) is 0 Å². The van der Waals surface area contributed by atoms with Crippen LogP contribution in [0.4, 0.5) is 0 Å². The highest BCUT2D eigenvalue weighted by molar-refractivity contribution is 6.37. The van der Waals surface area contributed by atoms with Gasteiger partial charge < -0.3 is 0 Å². The molecule has 0 unspecified atom stereocenters. The Kier molecular flexibility index (Phi) is 2.33. The van der Waals surface area contributed by atoms with E-state index in [1.807, 2.05) is 18.2 Å². The van der Waals surface area contributed by atoms with Gasteiger partial charge in [-0.25, -0.2) is 0 Å². The number of rotatable bonds is 0. The summed E-state index contributed by atoms with van der Waals surface area (Å²) >= 11 is 11.9. The van der Waals surface area contributed by atoms with Gasteiger partial charge in [-0.05, 0) is 23.6 Å². The minimum atomic E-state index is 0.465. The lowest BCUT2D eigenvalue weighted by Gasteiger charge is -2.02. The van der Waals surface area contributed by atoms with Gasteiger partial charge in [0.25, 0.3) is 0 Å². The van der Waals surface area contributed by atoms with Crippen LogP contribution >= 0.6 is 23.2 Å². The lowest BCUT2D eigenvalue weighted by atomic mass is 10.1. The molecule has 0 heterocycles. The van der Waals surface area contributed by atoms with Crippen LogP contribution in [0.2, 0.25) is 10.0 Å². The molecule has 68 valence electrons. The van der Waals surface area contributed by atoms with Crippen LogP contribution in [0.15, 0.2) is 30.3 Å². The summed E-state index contributed by atoms with van der Waals surface area (Å²) < 4.78 is 0. The Balaban J connectivity index is 2.88. The smallest absolute Gasteiger partial charge is 0.101 e. The van der Waals surface area contributed by atoms with Gasteiger partial charge in [-0.1, -0.05) is 35.3 Å². The Labute approximate surface area is 91.5 Å². The fourth-order valence-electron chi connectivity index (χ4n) is 1.34. The molecule has 0 aliphatic rings. The second-order valence-corrected chi connectivity index (χ2v) is 3.72. The van der Waals surface area contributed by atoms with Crippen LogP contribution in [0.1, 0.15) is 5.56 Å². The first-order valence-corrected chi connectivity index (χ1v) is 4.76. The van der Waals surface area contributed by atoms with Gasteiger partial charge in [0, 0.05) is 10.4 Å². The van der Waals surface area contributed by atoms with Gasteiger partial charge in [-0.15, -0.1) is 0 Å². The summed E-state index contributed by atoms with van der Waals surface area (Å²) in [6.07, 6.45) is 0. The molecule has 14 heavy (non-hydrogen) atoms. The Morgan fingerprint density at radius 3 is 2.50 bits per heavy atom. The van der Waals surface area contributed by atoms with E-state index in [4.69, 9.17) is 28.5 Å². The summed E-state index contributed by atoms with van der Waals surface area (Å²) in [6.45, 7) is 0. The Morgan fingerprint density at radius 2 is 1.79 bits per heavy atom. The molecule has 2 aromatic carbocycles. The minimum Gasteiger partial charge on any atom is -0.192 e. The minimum absolute atomic E-state index is 0.465. The fraction of sp³-hybridized carbons (Fsp3) is 0. The highest BCUT2D eigenvalue weighted by Gasteiger charge is 2.04. The molecule has 1 nitrogen and oxygen atoms in total. The SMILES string of the molecule is N#Cc1ccc2ccc(Cl)cc2c1Cl. The summed E-state index contributed by atoms with van der Waals surface area (Å²) in [5, 5.41) is 11.7. The first-order chi connectivity index (χ1) is 6.72. The second-order valence-electron chi connectivity index (χ2n) is 2.90. The molecule has 0 spiro atoms. The monoisotopic (exact) mass is 221 g/mol. The van der Waals surface area contributed by atoms with Crippen LogP contribution in [0.3, 0.4) is 0 Å². The van der Waals surface area contributed by atoms with Gasteiger partial charge in [0.05, 0.1) is 10.6 Å². The fourth-order valence-corrected chi connectivity index (χ4v) is 1.78. The molecule has 0 bridgehead atoms. The van der Waals surface area contributed by atoms with E-state index < -0.39 is 0 Å². The summed E-state index contributed by atoms with van der Waals surface area (Å²) in [5.74, 6) is 0. The van der Waals surface area contributed by atoms with E-state index in [0.717, 1.165) is 10.8 Å². The van der Waals surface area contributed by atoms with E-state index >= 15 is 0 Å². The van der Waals surface area contributed by atoms with Gasteiger partial charge in [0.1, 0.15) is 6.07 Å². The molecule has 0 aliphatic carbocycles. The predicted molar refractivity (Wildman–Crippen MR) is 58.7 cm³/mol. The third-order valence-corrected chi connectivity index (χ3v) is 2.68. The van der Waals surface area contributed by atoms with Crippen molar-refractivity contribution in [1.29, 1.82) is 5.26 Å². The van der Waals surface area contributed by atoms with E-state index in [1.54, 1.807) is 18.2 Å². The zero-order valence-electron chi connectivity index (χ0n) is 7.09. The summed E-state index contributed by atoms with van der Waals surface area (Å²) in [5.41, 5.74) is 0.474. The van der Waals surface area contributed by atoms with Crippen molar-refractivity contribution in [2.75, 3.05) is 0 Å². The maximum Gasteiger partial charge on any atom is 0.101 e. The van der Waals surface area contributed by atoms with Crippen LogP contribution in [0.25, 0.3) is 10.8 Å². The van der Waals surface area contributed by atoms with Gasteiger partial charge in [0.15, 0.2) is 0 Å². The Hall–Kier alpha value is -1.23. The first-order valence-electron chi connectivity index (χ1n) is 4.00. The average Bonchev–Trinajstić information content (AvgIpc) is 2.20. The number of fused-ring (bicyclic) bond motifs is 1. The van der Waals surface area contributed by atoms with E-state index in [1.165, 1.54) is 0 Å². The third-order valence-electron chi connectivity index (χ3n) is 2.04. The van der Waals surface area contributed by atoms with Crippen molar-refractivity contribution in [2.45, 2.75) is 0 Å². The van der Waals surface area contributed by atoms with Crippen molar-refractivity contribution in [3.63, 3.8) is 0 Å². The largest absolute Gasteiger partial charge is 0.192 e. The molecule has 0 radical (unpaired) electrons. The third kappa shape index (κ3) is 1.43. The molecular weight excluding hydrogens is 217 g/mol. The number of halogens is 2. The van der Waals surface area contributed by atoms with Gasteiger partial charge in [-0.2, -0.15) is 5.26 Å². The number of benzene rings is 2. The molecule has 0 fully saturated rings. The predicted octanol–water partition coefficient (Wildman–Crippen LogP) is 4.02. The molecule has 0 saturated carbocycles. The number of hydrogen-bond acceptors (Lipinski definition) is 1. The summed E-state index contributed by atoms with van der Waals surface area (Å²) in [7, 11) is 0. The standard InChI is InChI=1S/C11H5Cl2N/c12-9-4-3-7-1-2-8(6-14)11(13)10(7)5-9/h1-5H. The normalized spacial score (nSPS) is 10.1. The van der Waals surface area contributed by atoms with Crippen molar-refractivity contribution in [1.82, 2.24) is 0 Å². The lowest BCUT2D eigenvalue weighted by Crippen LogP contribution is -1.80. The number of nitrogens with zero attached hydrogens (tertiary/aromatic N) is 1. The molecule has 0 aliphatic heterocycles. The quantitative estimate of drug-likeness (QED) is 0.660. The number of hydrogen-bond donors (Lipinski definition) is 0. The van der Waals surface area contributed by atoms with E-state index in [-0.39, 0.29) is 0 Å². The zero-order valence-corrected chi connectivity index (χ0v) is 8.60. The van der Waals surface area contributed by atoms with Crippen LogP contribution in [0, 0.1) is 11.3 Å². The Bertz CT molecular complexity index is 541. The van der Waals surface area contributed by atoms with Crippen LogP contribution in [0.5, 0.6) is 0 Å². The molecule has 2 rings (SSSR count). The van der Waals surface area contributed by atoms with E-state index in [9.17, 15) is 0 Å². The van der Waals surface area contributed by atoms with Crippen molar-refractivity contribution in [2.24, 2.45) is 0 Å². The Morgan fingerprint density at radius 1 is 1.07 bits per heavy atom. The molecule has 0 saturated heterocycles. The molecule has 0 atom stereocenters. The van der Waals surface area contributed by atoms with Crippen molar-refractivity contribution < 1.29 is 0 Å². The zero-order chi connectivity index (χ0) is 10.1. The van der Waals surface area contributed by atoms with Gasteiger partial charge >= 0.3 is 0 Å². The molecular formula is C11H5Cl2N. The summed E-state index contributed by atoms with van der Waals surface area (Å²) in [6, 6.07) is 11.0. The number of nitriles is 1. The molecule has 0 aromatic heterocycles. The topological polar surface area (TPSA) is 23.8 Å². The first kappa shape index (κ1) is 9.33. The van der Waals surface area contributed by atoms with Gasteiger partial charge in [0.2, 0.25) is 0 Å². The molecule has 3 heteroatoms. The maximum absolute atomic E-state index is 8.78. The van der Waals surface area contributed by atoms with Crippen LogP contribution < -0.4 is 0 Å². The maximum atomic E-state index is 8.78. The highest BCUT2D eigenvalue weighted by Crippen LogP contribution is 2.28. The summed E-state index contributed by atoms with van der Waals surface area (Å²) in [4.78, 5) is 0. The second kappa shape index (κ2) is 3.49. The van der Waals surface area contributed by atoms with E-state index in [0.29, 0.717) is 15.6 Å². The van der Waals surface area contributed by atoms with Crippen molar-refractivity contribution >= 4 is 34.0 Å². The van der Waals surface area contributed by atoms with E-state index in [2.05, 4.69) is 0 Å². The molecule has 0 N–H and O–H groups in total. The van der Waals surface area contributed by atoms with Crippen LogP contribution in [-0.4, -0.2) is 0 Å². The molecule has 0 amide bonds. The average molecular weight is 222 g/mol. The highest BCUT2D eigenvalue weighted by atomic mass is 35.5. The van der Waals surface area contributed by atoms with Crippen LogP contribution in [-0.2, 0) is 0 Å². The molecule has 2 aromatic rings. The van der Waals surface area contributed by atoms with Crippen molar-refractivity contribution in [3.05, 3.63) is 45.9 Å².